The van der Waals surface area contributed by atoms with Gasteiger partial charge in [0.1, 0.15) is 18.0 Å². The lowest BCUT2D eigenvalue weighted by Gasteiger charge is -2.24. The van der Waals surface area contributed by atoms with E-state index in [1.807, 2.05) is 13.8 Å². The summed E-state index contributed by atoms with van der Waals surface area (Å²) in [6.45, 7) is 3.95. The van der Waals surface area contributed by atoms with Crippen LogP contribution >= 0.6 is 0 Å². The topological polar surface area (TPSA) is 84.9 Å². The summed E-state index contributed by atoms with van der Waals surface area (Å²) in [6.07, 6.45) is 0. The van der Waals surface area contributed by atoms with Crippen molar-refractivity contribution in [3.05, 3.63) is 78.4 Å². The highest BCUT2D eigenvalue weighted by molar-refractivity contribution is 7.92. The van der Waals surface area contributed by atoms with Gasteiger partial charge in [-0.2, -0.15) is 0 Å². The van der Waals surface area contributed by atoms with Gasteiger partial charge in [0.15, 0.2) is 0 Å². The van der Waals surface area contributed by atoms with Crippen molar-refractivity contribution in [1.29, 1.82) is 0 Å². The third-order valence-corrected chi connectivity index (χ3v) is 6.49. The van der Waals surface area contributed by atoms with E-state index in [9.17, 15) is 13.2 Å². The van der Waals surface area contributed by atoms with Gasteiger partial charge in [0.2, 0.25) is 5.91 Å². The molecule has 168 valence electrons. The Morgan fingerprint density at radius 1 is 0.906 bits per heavy atom. The number of aryl methyl sites for hydroxylation is 1. The lowest BCUT2D eigenvalue weighted by atomic mass is 10.2. The van der Waals surface area contributed by atoms with Crippen LogP contribution in [0.4, 0.5) is 11.4 Å². The molecule has 0 atom stereocenters. The van der Waals surface area contributed by atoms with Crippen LogP contribution in [0.3, 0.4) is 0 Å². The Kier molecular flexibility index (Phi) is 7.37. The first kappa shape index (κ1) is 23.1. The summed E-state index contributed by atoms with van der Waals surface area (Å²) in [5.74, 6) is 0.764. The first-order chi connectivity index (χ1) is 15.3. The summed E-state index contributed by atoms with van der Waals surface area (Å²) in [5.41, 5.74) is 1.92. The van der Waals surface area contributed by atoms with Crippen molar-refractivity contribution in [2.45, 2.75) is 18.7 Å². The molecule has 0 unspecified atom stereocenters. The van der Waals surface area contributed by atoms with Gasteiger partial charge >= 0.3 is 0 Å². The number of benzene rings is 3. The number of ether oxygens (including phenoxy) is 2. The van der Waals surface area contributed by atoms with Crippen LogP contribution in [0.25, 0.3) is 0 Å². The molecule has 0 aliphatic carbocycles. The zero-order chi connectivity index (χ0) is 23.1. The number of anilines is 2. The average Bonchev–Trinajstić information content (AvgIpc) is 2.79. The molecule has 0 bridgehead atoms. The fourth-order valence-corrected chi connectivity index (χ4v) is 4.45. The van der Waals surface area contributed by atoms with Crippen molar-refractivity contribution in [3.63, 3.8) is 0 Å². The van der Waals surface area contributed by atoms with E-state index < -0.39 is 15.9 Å². The molecule has 0 saturated heterocycles. The molecule has 1 N–H and O–H groups in total. The number of hydrogen-bond donors (Lipinski definition) is 1. The molecule has 0 aliphatic heterocycles. The molecule has 0 radical (unpaired) electrons. The van der Waals surface area contributed by atoms with Crippen molar-refractivity contribution in [2.24, 2.45) is 0 Å². The van der Waals surface area contributed by atoms with Gasteiger partial charge in [-0.1, -0.05) is 17.7 Å². The Morgan fingerprint density at radius 3 is 2.06 bits per heavy atom. The molecule has 8 heteroatoms. The molecular weight excluding hydrogens is 428 g/mol. The van der Waals surface area contributed by atoms with Crippen LogP contribution in [-0.4, -0.2) is 34.6 Å². The average molecular weight is 455 g/mol. The predicted molar refractivity (Wildman–Crippen MR) is 125 cm³/mol. The molecule has 0 spiro atoms. The highest BCUT2D eigenvalue weighted by Gasteiger charge is 2.27. The van der Waals surface area contributed by atoms with Gasteiger partial charge in [-0.05, 0) is 74.5 Å². The normalized spacial score (nSPS) is 11.0. The number of carbonyl (C=O) groups excluding carboxylic acids is 1. The zero-order valence-electron chi connectivity index (χ0n) is 18.2. The van der Waals surface area contributed by atoms with E-state index in [0.717, 1.165) is 9.87 Å². The van der Waals surface area contributed by atoms with Crippen molar-refractivity contribution < 1.29 is 22.7 Å². The molecule has 1 amide bonds. The minimum absolute atomic E-state index is 0.0627. The van der Waals surface area contributed by atoms with Gasteiger partial charge in [0.05, 0.1) is 24.3 Å². The first-order valence-electron chi connectivity index (χ1n) is 10.1. The van der Waals surface area contributed by atoms with E-state index in [4.69, 9.17) is 9.47 Å². The highest BCUT2D eigenvalue weighted by Crippen LogP contribution is 2.26. The maximum atomic E-state index is 13.4. The second-order valence-corrected chi connectivity index (χ2v) is 8.89. The van der Waals surface area contributed by atoms with E-state index in [1.54, 1.807) is 60.7 Å². The lowest BCUT2D eigenvalue weighted by Crippen LogP contribution is -2.38. The Bertz CT molecular complexity index is 1140. The number of hydrogen-bond acceptors (Lipinski definition) is 5. The fraction of sp³-hybridized carbons (Fsp3) is 0.208. The van der Waals surface area contributed by atoms with Gasteiger partial charge in [-0.15, -0.1) is 0 Å². The largest absolute Gasteiger partial charge is 0.497 e. The third-order valence-electron chi connectivity index (χ3n) is 4.71. The van der Waals surface area contributed by atoms with Crippen molar-refractivity contribution in [1.82, 2.24) is 0 Å². The van der Waals surface area contributed by atoms with Crippen LogP contribution in [0.15, 0.2) is 77.7 Å². The molecule has 3 rings (SSSR count). The van der Waals surface area contributed by atoms with Gasteiger partial charge in [0.25, 0.3) is 10.0 Å². The number of methoxy groups -OCH3 is 1. The van der Waals surface area contributed by atoms with Crippen LogP contribution < -0.4 is 19.1 Å². The van der Waals surface area contributed by atoms with Crippen LogP contribution in [0.5, 0.6) is 11.5 Å². The second kappa shape index (κ2) is 10.2. The van der Waals surface area contributed by atoms with Gasteiger partial charge in [0, 0.05) is 5.69 Å². The van der Waals surface area contributed by atoms with Gasteiger partial charge < -0.3 is 14.8 Å². The summed E-state index contributed by atoms with van der Waals surface area (Å²) in [6, 6.07) is 19.9. The summed E-state index contributed by atoms with van der Waals surface area (Å²) in [7, 11) is -2.49. The van der Waals surface area contributed by atoms with Crippen LogP contribution in [0.1, 0.15) is 12.5 Å². The number of nitrogens with one attached hydrogen (secondary N) is 1. The number of amides is 1. The molecule has 7 nitrogen and oxygen atoms in total. The summed E-state index contributed by atoms with van der Waals surface area (Å²) >= 11 is 0. The van der Waals surface area contributed by atoms with Gasteiger partial charge in [-0.3, -0.25) is 9.10 Å². The van der Waals surface area contributed by atoms with Crippen LogP contribution in [0.2, 0.25) is 0 Å². The number of nitrogens with zero attached hydrogens (tertiary/aromatic N) is 1. The zero-order valence-corrected chi connectivity index (χ0v) is 19.1. The van der Waals surface area contributed by atoms with Crippen LogP contribution in [-0.2, 0) is 14.8 Å². The van der Waals surface area contributed by atoms with Crippen molar-refractivity contribution >= 4 is 27.3 Å². The monoisotopic (exact) mass is 454 g/mol. The minimum atomic E-state index is -4.00. The third kappa shape index (κ3) is 5.59. The molecule has 0 heterocycles. The molecule has 0 fully saturated rings. The predicted octanol–water partition coefficient (Wildman–Crippen LogP) is 4.24. The number of rotatable bonds is 9. The minimum Gasteiger partial charge on any atom is -0.497 e. The standard InChI is InChI=1S/C24H26N2O5S/c1-4-31-22-11-7-19(8-12-22)25-24(27)17-26(20-9-5-18(2)6-10-20)32(28,29)23-15-13-21(30-3)14-16-23/h5-16H,4,17H2,1-3H3,(H,25,27). The first-order valence-corrected chi connectivity index (χ1v) is 11.5. The van der Waals surface area contributed by atoms with E-state index in [2.05, 4.69) is 5.32 Å². The SMILES string of the molecule is CCOc1ccc(NC(=O)CN(c2ccc(C)cc2)S(=O)(=O)c2ccc(OC)cc2)cc1. The molecule has 3 aromatic carbocycles. The van der Waals surface area contributed by atoms with E-state index in [-0.39, 0.29) is 11.4 Å². The Morgan fingerprint density at radius 2 is 1.50 bits per heavy atom. The highest BCUT2D eigenvalue weighted by atomic mass is 32.2. The number of sulfonamides is 1. The summed E-state index contributed by atoms with van der Waals surface area (Å²) < 4.78 is 38.4. The van der Waals surface area contributed by atoms with Crippen molar-refractivity contribution in [2.75, 3.05) is 29.9 Å². The maximum Gasteiger partial charge on any atom is 0.264 e. The summed E-state index contributed by atoms with van der Waals surface area (Å²) in [5, 5.41) is 2.74. The lowest BCUT2D eigenvalue weighted by molar-refractivity contribution is -0.114. The van der Waals surface area contributed by atoms with E-state index >= 15 is 0 Å². The second-order valence-electron chi connectivity index (χ2n) is 7.03. The van der Waals surface area contributed by atoms with Crippen LogP contribution in [0, 0.1) is 6.92 Å². The molecular formula is C24H26N2O5S. The quantitative estimate of drug-likeness (QED) is 0.523. The van der Waals surface area contributed by atoms with E-state index in [1.165, 1.54) is 19.2 Å². The Hall–Kier alpha value is -3.52. The molecule has 0 aliphatic rings. The van der Waals surface area contributed by atoms with E-state index in [0.29, 0.717) is 29.5 Å². The Labute approximate surface area is 188 Å². The molecule has 0 saturated carbocycles. The maximum absolute atomic E-state index is 13.4. The molecule has 0 aromatic heterocycles. The molecule has 3 aromatic rings. The fourth-order valence-electron chi connectivity index (χ4n) is 3.03. The number of carbonyl (C=O) groups is 1. The Balaban J connectivity index is 1.87. The van der Waals surface area contributed by atoms with Crippen molar-refractivity contribution in [3.8, 4) is 11.5 Å². The van der Waals surface area contributed by atoms with Gasteiger partial charge in [-0.25, -0.2) is 8.42 Å². The summed E-state index contributed by atoms with van der Waals surface area (Å²) in [4.78, 5) is 12.8. The molecule has 32 heavy (non-hydrogen) atoms. The smallest absolute Gasteiger partial charge is 0.264 e.